The fourth-order valence-corrected chi connectivity index (χ4v) is 4.53. The second-order valence-corrected chi connectivity index (χ2v) is 8.50. The number of carbonyl (C=O) groups is 2. The van der Waals surface area contributed by atoms with Gasteiger partial charge in [-0.15, -0.1) is 11.3 Å². The van der Waals surface area contributed by atoms with Gasteiger partial charge in [0.25, 0.3) is 0 Å². The lowest BCUT2D eigenvalue weighted by atomic mass is 9.99. The van der Waals surface area contributed by atoms with E-state index in [-0.39, 0.29) is 36.1 Å². The van der Waals surface area contributed by atoms with Crippen LogP contribution in [0.25, 0.3) is 11.1 Å². The summed E-state index contributed by atoms with van der Waals surface area (Å²) in [5.74, 6) is -0.698. The average molecular weight is 438 g/mol. The third-order valence-corrected chi connectivity index (χ3v) is 6.35. The summed E-state index contributed by atoms with van der Waals surface area (Å²) >= 11 is 1.55. The van der Waals surface area contributed by atoms with Gasteiger partial charge in [0.2, 0.25) is 11.8 Å². The van der Waals surface area contributed by atoms with Gasteiger partial charge in [0.15, 0.2) is 0 Å². The largest absolute Gasteiger partial charge is 0.347 e. The van der Waals surface area contributed by atoms with Gasteiger partial charge < -0.3 is 16.0 Å². The molecule has 2 atom stereocenters. The predicted molar refractivity (Wildman–Crippen MR) is 120 cm³/mol. The number of benzene rings is 2. The number of hydrogen-bond acceptors (Lipinski definition) is 4. The molecule has 7 heteroatoms. The minimum Gasteiger partial charge on any atom is -0.347 e. The van der Waals surface area contributed by atoms with Gasteiger partial charge in [0.05, 0.1) is 18.5 Å². The summed E-state index contributed by atoms with van der Waals surface area (Å²) in [6, 6.07) is 17.7. The molecule has 160 valence electrons. The second-order valence-electron chi connectivity index (χ2n) is 7.53. The molecule has 0 spiro atoms. The number of hydrogen-bond donors (Lipinski definition) is 3. The number of thiophene rings is 1. The molecule has 3 N–H and O–H groups in total. The van der Waals surface area contributed by atoms with Crippen LogP contribution in [0.1, 0.15) is 22.9 Å². The molecule has 0 saturated carbocycles. The molecule has 1 fully saturated rings. The summed E-state index contributed by atoms with van der Waals surface area (Å²) in [4.78, 5) is 25.7. The van der Waals surface area contributed by atoms with Crippen LogP contribution in [-0.4, -0.2) is 31.4 Å². The molecule has 1 saturated heterocycles. The summed E-state index contributed by atoms with van der Waals surface area (Å²) < 4.78 is 14.1. The molecule has 4 rings (SSSR count). The first-order valence-electron chi connectivity index (χ1n) is 10.3. The van der Waals surface area contributed by atoms with Crippen molar-refractivity contribution in [2.75, 3.05) is 19.6 Å². The van der Waals surface area contributed by atoms with Gasteiger partial charge >= 0.3 is 0 Å². The number of amides is 2. The highest BCUT2D eigenvalue weighted by Gasteiger charge is 2.23. The maximum absolute atomic E-state index is 14.1. The Hall–Kier alpha value is -3.03. The highest BCUT2D eigenvalue weighted by atomic mass is 32.1. The van der Waals surface area contributed by atoms with Crippen molar-refractivity contribution in [3.63, 3.8) is 0 Å². The van der Waals surface area contributed by atoms with Crippen LogP contribution in [0.4, 0.5) is 4.39 Å². The Morgan fingerprint density at radius 2 is 1.90 bits per heavy atom. The van der Waals surface area contributed by atoms with Crippen molar-refractivity contribution < 1.29 is 14.0 Å². The minimum atomic E-state index is -0.341. The molecule has 31 heavy (non-hydrogen) atoms. The zero-order valence-electron chi connectivity index (χ0n) is 16.9. The van der Waals surface area contributed by atoms with E-state index in [4.69, 9.17) is 0 Å². The summed E-state index contributed by atoms with van der Waals surface area (Å²) in [5.41, 5.74) is 2.20. The van der Waals surface area contributed by atoms with Crippen molar-refractivity contribution in [3.8, 4) is 11.1 Å². The Bertz CT molecular complexity index is 1030. The van der Waals surface area contributed by atoms with E-state index in [1.165, 1.54) is 6.07 Å². The SMILES string of the molecule is O=C(CNC(=O)[C@@H]1CCNC1)N[C@H](c1ccc(-c2ccccc2F)cc1)c1cccs1. The normalized spacial score (nSPS) is 16.6. The predicted octanol–water partition coefficient (Wildman–Crippen LogP) is 3.49. The van der Waals surface area contributed by atoms with Crippen molar-refractivity contribution in [1.82, 2.24) is 16.0 Å². The van der Waals surface area contributed by atoms with E-state index in [2.05, 4.69) is 16.0 Å². The molecule has 5 nitrogen and oxygen atoms in total. The average Bonchev–Trinajstić information content (AvgIpc) is 3.51. The highest BCUT2D eigenvalue weighted by Crippen LogP contribution is 2.29. The molecule has 3 aromatic rings. The third-order valence-electron chi connectivity index (χ3n) is 5.42. The van der Waals surface area contributed by atoms with E-state index < -0.39 is 0 Å². The molecule has 1 aliphatic rings. The van der Waals surface area contributed by atoms with E-state index in [0.29, 0.717) is 12.1 Å². The smallest absolute Gasteiger partial charge is 0.240 e. The quantitative estimate of drug-likeness (QED) is 0.530. The number of nitrogens with one attached hydrogen (secondary N) is 3. The first-order chi connectivity index (χ1) is 15.1. The Kier molecular flexibility index (Phi) is 6.74. The van der Waals surface area contributed by atoms with Crippen LogP contribution in [0.15, 0.2) is 66.0 Å². The molecule has 0 aliphatic carbocycles. The fraction of sp³-hybridized carbons (Fsp3) is 0.250. The van der Waals surface area contributed by atoms with E-state index in [9.17, 15) is 14.0 Å². The molecular weight excluding hydrogens is 413 g/mol. The van der Waals surface area contributed by atoms with E-state index >= 15 is 0 Å². The number of rotatable bonds is 7. The number of halogens is 1. The maximum Gasteiger partial charge on any atom is 0.240 e. The van der Waals surface area contributed by atoms with Crippen LogP contribution in [0, 0.1) is 11.7 Å². The summed E-state index contributed by atoms with van der Waals surface area (Å²) in [6.45, 7) is 1.41. The summed E-state index contributed by atoms with van der Waals surface area (Å²) in [7, 11) is 0. The lowest BCUT2D eigenvalue weighted by Gasteiger charge is -2.19. The van der Waals surface area contributed by atoms with Crippen LogP contribution in [0.5, 0.6) is 0 Å². The third kappa shape index (κ3) is 5.18. The molecule has 2 amide bonds. The van der Waals surface area contributed by atoms with Crippen LogP contribution in [0.3, 0.4) is 0 Å². The fourth-order valence-electron chi connectivity index (χ4n) is 3.73. The first-order valence-corrected chi connectivity index (χ1v) is 11.2. The maximum atomic E-state index is 14.1. The molecule has 1 aliphatic heterocycles. The van der Waals surface area contributed by atoms with Gasteiger partial charge in [0.1, 0.15) is 5.82 Å². The molecule has 0 bridgehead atoms. The van der Waals surface area contributed by atoms with Crippen molar-refractivity contribution in [2.24, 2.45) is 5.92 Å². The standard InChI is InChI=1S/C24H24FN3O2S/c25-20-5-2-1-4-19(20)16-7-9-17(10-8-16)23(21-6-3-13-31-21)28-22(29)15-27-24(30)18-11-12-26-14-18/h1-10,13,18,23,26H,11-12,14-15H2,(H,27,30)(H,28,29)/t18-,23-/m1/s1. The minimum absolute atomic E-state index is 0.0650. The Labute approximate surface area is 184 Å². The zero-order valence-corrected chi connectivity index (χ0v) is 17.8. The molecule has 1 aromatic heterocycles. The Morgan fingerprint density at radius 1 is 1.10 bits per heavy atom. The van der Waals surface area contributed by atoms with Gasteiger partial charge in [-0.05, 0) is 41.6 Å². The van der Waals surface area contributed by atoms with Gasteiger partial charge in [0, 0.05) is 17.0 Å². The Balaban J connectivity index is 1.46. The van der Waals surface area contributed by atoms with E-state index in [1.807, 2.05) is 41.8 Å². The first kappa shape index (κ1) is 21.2. The molecular formula is C24H24FN3O2S. The van der Waals surface area contributed by atoms with Crippen molar-refractivity contribution >= 4 is 23.2 Å². The van der Waals surface area contributed by atoms with Gasteiger partial charge in [-0.2, -0.15) is 0 Å². The molecule has 0 radical (unpaired) electrons. The molecule has 2 aromatic carbocycles. The van der Waals surface area contributed by atoms with Crippen LogP contribution < -0.4 is 16.0 Å². The Morgan fingerprint density at radius 3 is 2.58 bits per heavy atom. The molecule has 0 unspecified atom stereocenters. The lowest BCUT2D eigenvalue weighted by Crippen LogP contribution is -2.41. The van der Waals surface area contributed by atoms with Crippen LogP contribution in [0.2, 0.25) is 0 Å². The van der Waals surface area contributed by atoms with E-state index in [1.54, 1.807) is 29.5 Å². The van der Waals surface area contributed by atoms with Crippen molar-refractivity contribution in [1.29, 1.82) is 0 Å². The monoisotopic (exact) mass is 437 g/mol. The zero-order chi connectivity index (χ0) is 21.6. The highest BCUT2D eigenvalue weighted by molar-refractivity contribution is 7.10. The number of carbonyl (C=O) groups excluding carboxylic acids is 2. The summed E-state index contributed by atoms with van der Waals surface area (Å²) in [6.07, 6.45) is 0.791. The topological polar surface area (TPSA) is 70.2 Å². The van der Waals surface area contributed by atoms with Gasteiger partial charge in [-0.1, -0.05) is 48.5 Å². The van der Waals surface area contributed by atoms with Crippen molar-refractivity contribution in [3.05, 3.63) is 82.3 Å². The summed E-state index contributed by atoms with van der Waals surface area (Å²) in [5, 5.41) is 10.9. The van der Waals surface area contributed by atoms with Crippen LogP contribution >= 0.6 is 11.3 Å². The lowest BCUT2D eigenvalue weighted by molar-refractivity contribution is -0.128. The van der Waals surface area contributed by atoms with Gasteiger partial charge in [-0.3, -0.25) is 9.59 Å². The van der Waals surface area contributed by atoms with Gasteiger partial charge in [-0.25, -0.2) is 4.39 Å². The van der Waals surface area contributed by atoms with E-state index in [0.717, 1.165) is 29.0 Å². The van der Waals surface area contributed by atoms with Crippen LogP contribution in [-0.2, 0) is 9.59 Å². The molecule has 2 heterocycles. The second kappa shape index (κ2) is 9.85. The van der Waals surface area contributed by atoms with Crippen molar-refractivity contribution in [2.45, 2.75) is 12.5 Å².